The molecule has 2 rings (SSSR count). The van der Waals surface area contributed by atoms with Crippen molar-refractivity contribution in [1.82, 2.24) is 4.72 Å². The molecule has 0 bridgehead atoms. The van der Waals surface area contributed by atoms with E-state index < -0.39 is 16.1 Å². The molecule has 0 fully saturated rings. The maximum absolute atomic E-state index is 12.3. The maximum Gasteiger partial charge on any atom is 0.240 e. The van der Waals surface area contributed by atoms with Gasteiger partial charge in [-0.05, 0) is 31.0 Å². The summed E-state index contributed by atoms with van der Waals surface area (Å²) in [6.45, 7) is 1.91. The zero-order valence-electron chi connectivity index (χ0n) is 11.7. The minimum atomic E-state index is -3.57. The van der Waals surface area contributed by atoms with Crippen LogP contribution in [0, 0.1) is 12.8 Å². The monoisotopic (exact) mass is 322 g/mol. The third kappa shape index (κ3) is 4.56. The lowest BCUT2D eigenvalue weighted by molar-refractivity contribution is 0.568. The van der Waals surface area contributed by atoms with Crippen molar-refractivity contribution in [3.8, 4) is 0 Å². The lowest BCUT2D eigenvalue weighted by Gasteiger charge is -2.16. The second kappa shape index (κ2) is 7.07. The van der Waals surface area contributed by atoms with Gasteiger partial charge in [0.1, 0.15) is 0 Å². The normalized spacial score (nSPS) is 13.0. The summed E-state index contributed by atoms with van der Waals surface area (Å²) < 4.78 is 27.2. The summed E-state index contributed by atoms with van der Waals surface area (Å²) in [7, 11) is -3.57. The van der Waals surface area contributed by atoms with Crippen LogP contribution in [0.1, 0.15) is 11.1 Å². The van der Waals surface area contributed by atoms with Crippen molar-refractivity contribution >= 4 is 21.6 Å². The summed E-state index contributed by atoms with van der Waals surface area (Å²) in [5.41, 5.74) is 2.03. The number of aryl methyl sites for hydroxylation is 1. The van der Waals surface area contributed by atoms with E-state index in [4.69, 9.17) is 11.6 Å². The average molecular weight is 323 g/mol. The highest BCUT2D eigenvalue weighted by Gasteiger charge is 2.19. The maximum atomic E-state index is 12.3. The Morgan fingerprint density at radius 2 is 1.71 bits per heavy atom. The lowest BCUT2D eigenvalue weighted by atomic mass is 10.1. The van der Waals surface area contributed by atoms with Gasteiger partial charge in [0.05, 0.1) is 10.8 Å². The SMILES string of the molecule is Cc1ccc(S(=O)(=O)NC([CH]Cl)Cc2ccccc2)cc1. The quantitative estimate of drug-likeness (QED) is 0.887. The molecule has 0 amide bonds. The molecular formula is C16H17ClNO2S. The van der Waals surface area contributed by atoms with Crippen LogP contribution in [0.4, 0.5) is 0 Å². The highest BCUT2D eigenvalue weighted by Crippen LogP contribution is 2.14. The molecule has 0 saturated heterocycles. The van der Waals surface area contributed by atoms with Gasteiger partial charge in [-0.15, -0.1) is 11.6 Å². The molecule has 0 spiro atoms. The fraction of sp³-hybridized carbons (Fsp3) is 0.188. The predicted molar refractivity (Wildman–Crippen MR) is 85.6 cm³/mol. The standard InChI is InChI=1S/C16H17ClNO2S/c1-13-7-9-16(10-8-13)21(19,20)18-15(12-17)11-14-5-3-2-4-6-14/h2-10,12,15,18H,11H2,1H3. The zero-order chi connectivity index (χ0) is 15.3. The first-order chi connectivity index (χ1) is 10.0. The molecule has 0 aliphatic carbocycles. The average Bonchev–Trinajstić information content (AvgIpc) is 2.48. The summed E-state index contributed by atoms with van der Waals surface area (Å²) in [6, 6.07) is 15.9. The van der Waals surface area contributed by atoms with Crippen LogP contribution in [0.3, 0.4) is 0 Å². The van der Waals surface area contributed by atoms with Crippen molar-refractivity contribution in [2.24, 2.45) is 0 Å². The second-order valence-electron chi connectivity index (χ2n) is 4.86. The molecule has 0 aromatic heterocycles. The Balaban J connectivity index is 2.12. The van der Waals surface area contributed by atoms with Gasteiger partial charge in [0, 0.05) is 6.04 Å². The molecule has 0 aliphatic rings. The molecule has 21 heavy (non-hydrogen) atoms. The molecular weight excluding hydrogens is 306 g/mol. The van der Waals surface area contributed by atoms with Crippen LogP contribution in [0.2, 0.25) is 0 Å². The van der Waals surface area contributed by atoms with Gasteiger partial charge in [-0.25, -0.2) is 13.1 Å². The molecule has 1 N–H and O–H groups in total. The summed E-state index contributed by atoms with van der Waals surface area (Å²) in [5.74, 6) is 1.35. The summed E-state index contributed by atoms with van der Waals surface area (Å²) in [5, 5.41) is 0. The molecule has 1 radical (unpaired) electrons. The molecule has 0 heterocycles. The highest BCUT2D eigenvalue weighted by atomic mass is 35.5. The van der Waals surface area contributed by atoms with E-state index in [1.807, 2.05) is 37.3 Å². The van der Waals surface area contributed by atoms with Gasteiger partial charge in [0.25, 0.3) is 0 Å². The first-order valence-corrected chi connectivity index (χ1v) is 8.50. The molecule has 2 aromatic rings. The Morgan fingerprint density at radius 1 is 1.10 bits per heavy atom. The van der Waals surface area contributed by atoms with E-state index in [-0.39, 0.29) is 4.90 Å². The van der Waals surface area contributed by atoms with Gasteiger partial charge in [0.2, 0.25) is 10.0 Å². The Morgan fingerprint density at radius 3 is 2.29 bits per heavy atom. The van der Waals surface area contributed by atoms with Gasteiger partial charge in [0.15, 0.2) is 0 Å². The van der Waals surface area contributed by atoms with Crippen LogP contribution in [0.15, 0.2) is 59.5 Å². The number of hydrogen-bond acceptors (Lipinski definition) is 2. The van der Waals surface area contributed by atoms with Crippen molar-refractivity contribution in [3.63, 3.8) is 0 Å². The fourth-order valence-corrected chi connectivity index (χ4v) is 3.37. The van der Waals surface area contributed by atoms with Crippen molar-refractivity contribution in [2.75, 3.05) is 0 Å². The number of rotatable bonds is 6. The van der Waals surface area contributed by atoms with Crippen LogP contribution >= 0.6 is 11.6 Å². The first-order valence-electron chi connectivity index (χ1n) is 6.58. The van der Waals surface area contributed by atoms with Gasteiger partial charge < -0.3 is 0 Å². The molecule has 1 unspecified atom stereocenters. The third-order valence-corrected chi connectivity index (χ3v) is 4.90. The fourth-order valence-electron chi connectivity index (χ4n) is 1.96. The molecule has 5 heteroatoms. The Labute approximate surface area is 131 Å². The minimum Gasteiger partial charge on any atom is -0.207 e. The summed E-state index contributed by atoms with van der Waals surface area (Å²) in [4.78, 5) is 0.240. The number of hydrogen-bond donors (Lipinski definition) is 1. The highest BCUT2D eigenvalue weighted by molar-refractivity contribution is 7.89. The van der Waals surface area contributed by atoms with Crippen LogP contribution in [-0.4, -0.2) is 14.5 Å². The van der Waals surface area contributed by atoms with Crippen LogP contribution in [0.5, 0.6) is 0 Å². The van der Waals surface area contributed by atoms with Crippen LogP contribution in [-0.2, 0) is 16.4 Å². The minimum absolute atomic E-state index is 0.240. The number of halogens is 1. The molecule has 111 valence electrons. The smallest absolute Gasteiger partial charge is 0.207 e. The molecule has 2 aromatic carbocycles. The van der Waals surface area contributed by atoms with Crippen LogP contribution < -0.4 is 4.72 Å². The molecule has 3 nitrogen and oxygen atoms in total. The predicted octanol–water partition coefficient (Wildman–Crippen LogP) is 3.29. The van der Waals surface area contributed by atoms with E-state index in [9.17, 15) is 8.42 Å². The number of sulfonamides is 1. The van der Waals surface area contributed by atoms with E-state index in [1.54, 1.807) is 24.3 Å². The molecule has 1 atom stereocenters. The molecule has 0 saturated carbocycles. The molecule has 0 aliphatic heterocycles. The zero-order valence-corrected chi connectivity index (χ0v) is 13.2. The van der Waals surface area contributed by atoms with E-state index in [0.717, 1.165) is 11.1 Å². The number of benzene rings is 2. The third-order valence-electron chi connectivity index (χ3n) is 3.09. The van der Waals surface area contributed by atoms with Gasteiger partial charge in [-0.1, -0.05) is 48.0 Å². The van der Waals surface area contributed by atoms with Crippen molar-refractivity contribution in [2.45, 2.75) is 24.3 Å². The van der Waals surface area contributed by atoms with E-state index in [1.165, 1.54) is 5.88 Å². The Kier molecular flexibility index (Phi) is 5.39. The topological polar surface area (TPSA) is 46.2 Å². The second-order valence-corrected chi connectivity index (χ2v) is 6.82. The van der Waals surface area contributed by atoms with Crippen molar-refractivity contribution in [3.05, 3.63) is 71.6 Å². The van der Waals surface area contributed by atoms with Gasteiger partial charge in [-0.3, -0.25) is 0 Å². The van der Waals surface area contributed by atoms with Crippen LogP contribution in [0.25, 0.3) is 0 Å². The van der Waals surface area contributed by atoms with Crippen molar-refractivity contribution < 1.29 is 8.42 Å². The van der Waals surface area contributed by atoms with Crippen molar-refractivity contribution in [1.29, 1.82) is 0 Å². The first kappa shape index (κ1) is 16.0. The summed E-state index contributed by atoms with van der Waals surface area (Å²) >= 11 is 5.78. The Hall–Kier alpha value is -1.36. The van der Waals surface area contributed by atoms with E-state index in [2.05, 4.69) is 4.72 Å². The van der Waals surface area contributed by atoms with E-state index in [0.29, 0.717) is 6.42 Å². The largest absolute Gasteiger partial charge is 0.240 e. The van der Waals surface area contributed by atoms with Gasteiger partial charge in [-0.2, -0.15) is 0 Å². The van der Waals surface area contributed by atoms with Gasteiger partial charge >= 0.3 is 0 Å². The Bertz CT molecular complexity index is 669. The van der Waals surface area contributed by atoms with E-state index >= 15 is 0 Å². The lowest BCUT2D eigenvalue weighted by Crippen LogP contribution is -2.35. The summed E-state index contributed by atoms with van der Waals surface area (Å²) in [6.07, 6.45) is 0.509. The number of nitrogens with one attached hydrogen (secondary N) is 1.